The number of benzene rings is 2. The summed E-state index contributed by atoms with van der Waals surface area (Å²) < 4.78 is 10.7. The molecule has 0 aliphatic carbocycles. The molecule has 0 spiro atoms. The first-order chi connectivity index (χ1) is 14.5. The van der Waals surface area contributed by atoms with Crippen molar-refractivity contribution in [1.82, 2.24) is 9.80 Å². The molecular weight excluding hydrogens is 380 g/mol. The third-order valence-electron chi connectivity index (χ3n) is 6.24. The van der Waals surface area contributed by atoms with Crippen molar-refractivity contribution in [2.75, 3.05) is 40.5 Å². The smallest absolute Gasteiger partial charge is 0.160 e. The van der Waals surface area contributed by atoms with Crippen LogP contribution in [0.1, 0.15) is 28.7 Å². The summed E-state index contributed by atoms with van der Waals surface area (Å²) in [5, 5.41) is 19.5. The van der Waals surface area contributed by atoms with E-state index >= 15 is 0 Å². The van der Waals surface area contributed by atoms with Crippen molar-refractivity contribution >= 4 is 0 Å². The number of hydrogen-bond acceptors (Lipinski definition) is 6. The molecule has 0 amide bonds. The van der Waals surface area contributed by atoms with E-state index in [9.17, 15) is 10.2 Å². The minimum atomic E-state index is 0.161. The lowest BCUT2D eigenvalue weighted by molar-refractivity contribution is 0.0498. The number of ether oxygens (including phenoxy) is 2. The van der Waals surface area contributed by atoms with Gasteiger partial charge in [-0.05, 0) is 60.7 Å². The topological polar surface area (TPSA) is 65.4 Å². The molecule has 1 aliphatic rings. The number of phenolic OH excluding ortho intramolecular Hbond substituents is 1. The largest absolute Gasteiger partial charge is 0.504 e. The molecule has 1 atom stereocenters. The molecule has 6 heteroatoms. The summed E-state index contributed by atoms with van der Waals surface area (Å²) in [6.07, 6.45) is 0.754. The molecular formula is C24H34N2O4. The number of phenols is 1. The minimum absolute atomic E-state index is 0.161. The van der Waals surface area contributed by atoms with Crippen LogP contribution >= 0.6 is 0 Å². The summed E-state index contributed by atoms with van der Waals surface area (Å²) in [6.45, 7) is 8.93. The Morgan fingerprint density at radius 2 is 1.73 bits per heavy atom. The van der Waals surface area contributed by atoms with Crippen molar-refractivity contribution < 1.29 is 19.7 Å². The average molecular weight is 415 g/mol. The highest BCUT2D eigenvalue weighted by Gasteiger charge is 2.27. The third kappa shape index (κ3) is 5.06. The summed E-state index contributed by atoms with van der Waals surface area (Å²) in [5.74, 6) is 1.59. The zero-order valence-corrected chi connectivity index (χ0v) is 18.5. The van der Waals surface area contributed by atoms with Crippen LogP contribution < -0.4 is 9.47 Å². The normalized spacial score (nSPS) is 17.8. The van der Waals surface area contributed by atoms with E-state index in [-0.39, 0.29) is 12.4 Å². The van der Waals surface area contributed by atoms with Gasteiger partial charge in [-0.3, -0.25) is 9.80 Å². The van der Waals surface area contributed by atoms with Crippen LogP contribution in [0.5, 0.6) is 17.2 Å². The molecule has 1 aliphatic heterocycles. The Morgan fingerprint density at radius 3 is 2.43 bits per heavy atom. The molecule has 2 N–H and O–H groups in total. The van der Waals surface area contributed by atoms with Gasteiger partial charge in [0, 0.05) is 45.4 Å². The first-order valence-corrected chi connectivity index (χ1v) is 10.5. The van der Waals surface area contributed by atoms with Crippen LogP contribution in [0.3, 0.4) is 0 Å². The Kier molecular flexibility index (Phi) is 7.58. The van der Waals surface area contributed by atoms with Crippen LogP contribution in [0, 0.1) is 13.8 Å². The van der Waals surface area contributed by atoms with Crippen LogP contribution in [0.25, 0.3) is 0 Å². The lowest BCUT2D eigenvalue weighted by Crippen LogP contribution is -2.52. The van der Waals surface area contributed by atoms with E-state index < -0.39 is 0 Å². The number of rotatable bonds is 8. The molecule has 0 aromatic heterocycles. The fourth-order valence-electron chi connectivity index (χ4n) is 4.27. The van der Waals surface area contributed by atoms with Gasteiger partial charge in [0.1, 0.15) is 5.75 Å². The van der Waals surface area contributed by atoms with E-state index in [1.807, 2.05) is 18.2 Å². The maximum atomic E-state index is 9.82. The van der Waals surface area contributed by atoms with Crippen molar-refractivity contribution in [1.29, 1.82) is 0 Å². The molecule has 0 saturated carbocycles. The second-order valence-electron chi connectivity index (χ2n) is 8.05. The monoisotopic (exact) mass is 414 g/mol. The zero-order valence-electron chi connectivity index (χ0n) is 18.5. The van der Waals surface area contributed by atoms with Gasteiger partial charge in [-0.1, -0.05) is 12.1 Å². The summed E-state index contributed by atoms with van der Waals surface area (Å²) >= 11 is 0. The van der Waals surface area contributed by atoms with Crippen molar-refractivity contribution in [3.8, 4) is 17.2 Å². The van der Waals surface area contributed by atoms with E-state index in [0.717, 1.165) is 50.5 Å². The first kappa shape index (κ1) is 22.4. The Bertz CT molecular complexity index is 855. The molecule has 1 heterocycles. The van der Waals surface area contributed by atoms with Gasteiger partial charge in [-0.2, -0.15) is 0 Å². The van der Waals surface area contributed by atoms with Gasteiger partial charge in [0.05, 0.1) is 14.2 Å². The molecule has 3 rings (SSSR count). The third-order valence-corrected chi connectivity index (χ3v) is 6.24. The predicted molar refractivity (Wildman–Crippen MR) is 118 cm³/mol. The fraction of sp³-hybridized carbons (Fsp3) is 0.500. The molecule has 1 saturated heterocycles. The number of aromatic hydroxyl groups is 1. The molecule has 6 nitrogen and oxygen atoms in total. The van der Waals surface area contributed by atoms with Gasteiger partial charge in [-0.25, -0.2) is 0 Å². The van der Waals surface area contributed by atoms with Crippen LogP contribution in [0.4, 0.5) is 0 Å². The van der Waals surface area contributed by atoms with Gasteiger partial charge >= 0.3 is 0 Å². The van der Waals surface area contributed by atoms with E-state index in [0.29, 0.717) is 11.8 Å². The van der Waals surface area contributed by atoms with Crippen LogP contribution in [-0.2, 0) is 13.1 Å². The van der Waals surface area contributed by atoms with E-state index in [1.165, 1.54) is 16.7 Å². The Balaban J connectivity index is 1.69. The molecule has 0 bridgehead atoms. The second-order valence-corrected chi connectivity index (χ2v) is 8.05. The zero-order chi connectivity index (χ0) is 21.7. The maximum absolute atomic E-state index is 9.82. The average Bonchev–Trinajstić information content (AvgIpc) is 2.75. The number of piperazine rings is 1. The molecule has 1 fully saturated rings. The minimum Gasteiger partial charge on any atom is -0.504 e. The lowest BCUT2D eigenvalue weighted by Gasteiger charge is -2.41. The van der Waals surface area contributed by atoms with Gasteiger partial charge in [0.15, 0.2) is 11.5 Å². The van der Waals surface area contributed by atoms with E-state index in [1.54, 1.807) is 20.3 Å². The van der Waals surface area contributed by atoms with E-state index in [2.05, 4.69) is 29.7 Å². The van der Waals surface area contributed by atoms with Gasteiger partial charge in [-0.15, -0.1) is 0 Å². The summed E-state index contributed by atoms with van der Waals surface area (Å²) in [6, 6.07) is 10.0. The van der Waals surface area contributed by atoms with Gasteiger partial charge in [0.2, 0.25) is 0 Å². The fourth-order valence-corrected chi connectivity index (χ4v) is 4.27. The van der Waals surface area contributed by atoms with Crippen LogP contribution in [0.2, 0.25) is 0 Å². The molecule has 2 aromatic carbocycles. The number of aliphatic hydroxyl groups is 1. The Labute approximate surface area is 179 Å². The lowest BCUT2D eigenvalue weighted by atomic mass is 10.00. The molecule has 0 radical (unpaired) electrons. The molecule has 0 unspecified atom stereocenters. The van der Waals surface area contributed by atoms with Crippen molar-refractivity contribution in [2.24, 2.45) is 0 Å². The number of nitrogens with zero attached hydrogens (tertiary/aromatic N) is 2. The number of aliphatic hydroxyl groups excluding tert-OH is 1. The van der Waals surface area contributed by atoms with Crippen molar-refractivity contribution in [3.63, 3.8) is 0 Å². The predicted octanol–water partition coefficient (Wildman–Crippen LogP) is 3.10. The molecule has 30 heavy (non-hydrogen) atoms. The van der Waals surface area contributed by atoms with Crippen LogP contribution in [-0.4, -0.2) is 66.5 Å². The highest BCUT2D eigenvalue weighted by atomic mass is 16.5. The standard InChI is InChI=1S/C24H34N2O4/c1-17-18(2)23(29-3)8-6-20(17)15-26-11-10-25(16-21(26)9-12-27)14-19-5-7-22(28)24(13-19)30-4/h5-8,13,21,27-28H,9-12,14-16H2,1-4H3/t21-/m0/s1. The number of methoxy groups -OCH3 is 2. The Morgan fingerprint density at radius 1 is 0.967 bits per heavy atom. The highest BCUT2D eigenvalue weighted by molar-refractivity contribution is 5.43. The quantitative estimate of drug-likeness (QED) is 0.692. The van der Waals surface area contributed by atoms with Crippen molar-refractivity contribution in [2.45, 2.75) is 39.4 Å². The SMILES string of the molecule is COc1cc(CN2CCN(Cc3ccc(OC)c(C)c3C)[C@@H](CCO)C2)ccc1O. The summed E-state index contributed by atoms with van der Waals surface area (Å²) in [4.78, 5) is 4.90. The molecule has 2 aromatic rings. The summed E-state index contributed by atoms with van der Waals surface area (Å²) in [7, 11) is 3.28. The highest BCUT2D eigenvalue weighted by Crippen LogP contribution is 2.29. The van der Waals surface area contributed by atoms with Crippen LogP contribution in [0.15, 0.2) is 30.3 Å². The first-order valence-electron chi connectivity index (χ1n) is 10.5. The van der Waals surface area contributed by atoms with Crippen molar-refractivity contribution in [3.05, 3.63) is 52.6 Å². The summed E-state index contributed by atoms with van der Waals surface area (Å²) in [5.41, 5.74) is 4.89. The van der Waals surface area contributed by atoms with E-state index in [4.69, 9.17) is 9.47 Å². The number of hydrogen-bond donors (Lipinski definition) is 2. The second kappa shape index (κ2) is 10.2. The molecule has 164 valence electrons. The maximum Gasteiger partial charge on any atom is 0.160 e. The van der Waals surface area contributed by atoms with Gasteiger partial charge < -0.3 is 19.7 Å². The Hall–Kier alpha value is -2.28. The van der Waals surface area contributed by atoms with Gasteiger partial charge in [0.25, 0.3) is 0 Å².